The van der Waals surface area contributed by atoms with Gasteiger partial charge in [-0.3, -0.25) is 4.79 Å². The predicted octanol–water partition coefficient (Wildman–Crippen LogP) is 4.29. The zero-order valence-electron chi connectivity index (χ0n) is 18.4. The van der Waals surface area contributed by atoms with Crippen molar-refractivity contribution in [1.82, 2.24) is 19.7 Å². The predicted molar refractivity (Wildman–Crippen MR) is 120 cm³/mol. The Hall–Kier alpha value is -2.47. The SMILES string of the molecule is CC(C)N(CC(=O)N1CCn2cccc2C1c1ccc(Cl)cc1)C(=O)NC(C)(C)C. The second-order valence-electron chi connectivity index (χ2n) is 9.07. The number of hydrogen-bond acceptors (Lipinski definition) is 2. The molecule has 1 unspecified atom stereocenters. The van der Waals surface area contributed by atoms with Gasteiger partial charge >= 0.3 is 6.03 Å². The molecule has 1 N–H and O–H groups in total. The van der Waals surface area contributed by atoms with E-state index in [2.05, 4.69) is 9.88 Å². The number of rotatable bonds is 4. The summed E-state index contributed by atoms with van der Waals surface area (Å²) >= 11 is 6.08. The van der Waals surface area contributed by atoms with E-state index in [1.54, 1.807) is 4.90 Å². The van der Waals surface area contributed by atoms with Crippen LogP contribution in [0.15, 0.2) is 42.6 Å². The van der Waals surface area contributed by atoms with Crippen molar-refractivity contribution in [1.29, 1.82) is 0 Å². The molecule has 162 valence electrons. The third kappa shape index (κ3) is 4.98. The Kier molecular flexibility index (Phi) is 6.46. The van der Waals surface area contributed by atoms with Crippen LogP contribution in [0.3, 0.4) is 0 Å². The number of fused-ring (bicyclic) bond motifs is 1. The van der Waals surface area contributed by atoms with Crippen molar-refractivity contribution in [3.05, 3.63) is 58.9 Å². The Bertz CT molecular complexity index is 899. The molecule has 1 aromatic carbocycles. The van der Waals surface area contributed by atoms with E-state index >= 15 is 0 Å². The molecule has 0 saturated carbocycles. The normalized spacial score (nSPS) is 16.4. The van der Waals surface area contributed by atoms with Gasteiger partial charge in [-0.05, 0) is 64.4 Å². The van der Waals surface area contributed by atoms with E-state index in [9.17, 15) is 9.59 Å². The summed E-state index contributed by atoms with van der Waals surface area (Å²) in [7, 11) is 0. The van der Waals surface area contributed by atoms with Crippen LogP contribution in [0.2, 0.25) is 5.02 Å². The maximum atomic E-state index is 13.4. The number of benzene rings is 1. The molecule has 0 fully saturated rings. The first-order valence-electron chi connectivity index (χ1n) is 10.4. The van der Waals surface area contributed by atoms with Crippen molar-refractivity contribution >= 4 is 23.5 Å². The maximum absolute atomic E-state index is 13.4. The molecule has 3 rings (SSSR count). The molecule has 1 aliphatic rings. The number of amides is 3. The fourth-order valence-electron chi connectivity index (χ4n) is 3.77. The van der Waals surface area contributed by atoms with Crippen LogP contribution in [0.25, 0.3) is 0 Å². The molecule has 2 aromatic rings. The molecule has 0 radical (unpaired) electrons. The van der Waals surface area contributed by atoms with Crippen LogP contribution >= 0.6 is 11.6 Å². The van der Waals surface area contributed by atoms with E-state index in [4.69, 9.17) is 11.6 Å². The number of aromatic nitrogens is 1. The first-order valence-corrected chi connectivity index (χ1v) is 10.7. The van der Waals surface area contributed by atoms with Gasteiger partial charge in [0.25, 0.3) is 0 Å². The van der Waals surface area contributed by atoms with Gasteiger partial charge in [0.05, 0.1) is 6.04 Å². The van der Waals surface area contributed by atoms with Crippen LogP contribution in [-0.2, 0) is 11.3 Å². The highest BCUT2D eigenvalue weighted by atomic mass is 35.5. The van der Waals surface area contributed by atoms with Gasteiger partial charge < -0.3 is 19.7 Å². The average Bonchev–Trinajstić information content (AvgIpc) is 3.13. The third-order valence-corrected chi connectivity index (χ3v) is 5.47. The standard InChI is InChI=1S/C23H31ClN4O2/c1-16(2)28(22(30)25-23(3,4)5)15-20(29)27-14-13-26-12-6-7-19(26)21(27)17-8-10-18(24)11-9-17/h6-12,16,21H,13-15H2,1-5H3,(H,25,30). The number of nitrogens with one attached hydrogen (secondary N) is 1. The second kappa shape index (κ2) is 8.72. The molecule has 1 aromatic heterocycles. The van der Waals surface area contributed by atoms with E-state index in [1.165, 1.54) is 0 Å². The summed E-state index contributed by atoms with van der Waals surface area (Å²) < 4.78 is 2.18. The molecule has 3 amide bonds. The molecular formula is C23H31ClN4O2. The summed E-state index contributed by atoms with van der Waals surface area (Å²) in [4.78, 5) is 29.7. The fraction of sp³-hybridized carbons (Fsp3) is 0.478. The Labute approximate surface area is 183 Å². The van der Waals surface area contributed by atoms with Crippen LogP contribution in [0.4, 0.5) is 4.79 Å². The lowest BCUT2D eigenvalue weighted by atomic mass is 9.99. The zero-order valence-corrected chi connectivity index (χ0v) is 19.1. The molecule has 0 spiro atoms. The molecule has 1 aliphatic heterocycles. The summed E-state index contributed by atoms with van der Waals surface area (Å²) in [6, 6.07) is 11.1. The van der Waals surface area contributed by atoms with Gasteiger partial charge in [0.2, 0.25) is 5.91 Å². The number of carbonyl (C=O) groups excluding carboxylic acids is 2. The minimum Gasteiger partial charge on any atom is -0.348 e. The highest BCUT2D eigenvalue weighted by Crippen LogP contribution is 2.33. The van der Waals surface area contributed by atoms with Crippen molar-refractivity contribution in [3.63, 3.8) is 0 Å². The summed E-state index contributed by atoms with van der Waals surface area (Å²) in [5.41, 5.74) is 1.69. The van der Waals surface area contributed by atoms with Crippen molar-refractivity contribution in [2.24, 2.45) is 0 Å². The summed E-state index contributed by atoms with van der Waals surface area (Å²) in [5.74, 6) is -0.0693. The minimum absolute atomic E-state index is 0.0321. The largest absolute Gasteiger partial charge is 0.348 e. The molecule has 2 heterocycles. The summed E-state index contributed by atoms with van der Waals surface area (Å²) in [6.45, 7) is 11.0. The average molecular weight is 431 g/mol. The van der Waals surface area contributed by atoms with Crippen LogP contribution < -0.4 is 5.32 Å². The lowest BCUT2D eigenvalue weighted by Crippen LogP contribution is -2.54. The van der Waals surface area contributed by atoms with Gasteiger partial charge in [0.15, 0.2) is 0 Å². The van der Waals surface area contributed by atoms with Gasteiger partial charge in [0.1, 0.15) is 6.54 Å². The number of halogens is 1. The maximum Gasteiger partial charge on any atom is 0.318 e. The molecule has 0 saturated heterocycles. The Morgan fingerprint density at radius 3 is 2.43 bits per heavy atom. The molecule has 0 aliphatic carbocycles. The highest BCUT2D eigenvalue weighted by molar-refractivity contribution is 6.30. The van der Waals surface area contributed by atoms with Crippen molar-refractivity contribution in [2.45, 2.75) is 58.8 Å². The van der Waals surface area contributed by atoms with Gasteiger partial charge in [-0.1, -0.05) is 23.7 Å². The highest BCUT2D eigenvalue weighted by Gasteiger charge is 2.34. The molecule has 30 heavy (non-hydrogen) atoms. The smallest absolute Gasteiger partial charge is 0.318 e. The molecule has 7 heteroatoms. The first kappa shape index (κ1) is 22.2. The van der Waals surface area contributed by atoms with Crippen LogP contribution in [0.1, 0.15) is 51.9 Å². The van der Waals surface area contributed by atoms with Crippen LogP contribution in [-0.4, -0.2) is 51.0 Å². The fourth-order valence-corrected chi connectivity index (χ4v) is 3.89. The van der Waals surface area contributed by atoms with E-state index in [-0.39, 0.29) is 36.1 Å². The molecule has 0 bridgehead atoms. The van der Waals surface area contributed by atoms with Crippen molar-refractivity contribution < 1.29 is 9.59 Å². The Morgan fingerprint density at radius 1 is 1.17 bits per heavy atom. The number of nitrogens with zero attached hydrogens (tertiary/aromatic N) is 3. The van der Waals surface area contributed by atoms with Gasteiger partial charge in [-0.2, -0.15) is 0 Å². The number of carbonyl (C=O) groups is 2. The summed E-state index contributed by atoms with van der Waals surface area (Å²) in [6.07, 6.45) is 2.04. The van der Waals surface area contributed by atoms with Gasteiger partial charge in [-0.15, -0.1) is 0 Å². The van der Waals surface area contributed by atoms with Crippen LogP contribution in [0, 0.1) is 0 Å². The van der Waals surface area contributed by atoms with E-state index in [1.807, 2.05) is 82.1 Å². The Balaban J connectivity index is 1.87. The first-order chi connectivity index (χ1) is 14.1. The van der Waals surface area contributed by atoms with E-state index < -0.39 is 0 Å². The molecular weight excluding hydrogens is 400 g/mol. The molecule has 6 nitrogen and oxygen atoms in total. The van der Waals surface area contributed by atoms with Gasteiger partial charge in [0, 0.05) is 41.6 Å². The second-order valence-corrected chi connectivity index (χ2v) is 9.51. The van der Waals surface area contributed by atoms with Crippen molar-refractivity contribution in [3.8, 4) is 0 Å². The number of hydrogen-bond donors (Lipinski definition) is 1. The van der Waals surface area contributed by atoms with Crippen molar-refractivity contribution in [2.75, 3.05) is 13.1 Å². The minimum atomic E-state index is -0.370. The lowest BCUT2D eigenvalue weighted by Gasteiger charge is -2.39. The quantitative estimate of drug-likeness (QED) is 0.786. The van der Waals surface area contributed by atoms with Crippen LogP contribution in [0.5, 0.6) is 0 Å². The zero-order chi connectivity index (χ0) is 22.1. The van der Waals surface area contributed by atoms with Gasteiger partial charge in [-0.25, -0.2) is 4.79 Å². The summed E-state index contributed by atoms with van der Waals surface area (Å²) in [5, 5.41) is 3.63. The number of urea groups is 1. The van der Waals surface area contributed by atoms with E-state index in [0.29, 0.717) is 11.6 Å². The van der Waals surface area contributed by atoms with E-state index in [0.717, 1.165) is 17.8 Å². The molecule has 1 atom stereocenters. The third-order valence-electron chi connectivity index (χ3n) is 5.22. The lowest BCUT2D eigenvalue weighted by molar-refractivity contribution is -0.134. The topological polar surface area (TPSA) is 57.6 Å². The monoisotopic (exact) mass is 430 g/mol. The Morgan fingerprint density at radius 2 is 1.83 bits per heavy atom.